The monoisotopic (exact) mass is 251 g/mol. The predicted molar refractivity (Wildman–Crippen MR) is 70.3 cm³/mol. The minimum atomic E-state index is -0.322. The predicted octanol–water partition coefficient (Wildman–Crippen LogP) is 1.93. The molecule has 4 heteroatoms. The molecule has 2 atom stereocenters. The molecule has 1 aromatic rings. The molecule has 1 heterocycles. The van der Waals surface area contributed by atoms with Crippen molar-refractivity contribution in [3.63, 3.8) is 0 Å². The number of ether oxygens (including phenoxy) is 3. The Morgan fingerprint density at radius 2 is 2.00 bits per heavy atom. The average Bonchev–Trinajstić information content (AvgIpc) is 2.37. The molecule has 1 aliphatic heterocycles. The molecule has 0 amide bonds. The van der Waals surface area contributed by atoms with Crippen LogP contribution in [0.1, 0.15) is 19.4 Å². The number of hydrogen-bond donors (Lipinski definition) is 1. The molecule has 0 spiro atoms. The van der Waals surface area contributed by atoms with Crippen LogP contribution in [0.15, 0.2) is 18.2 Å². The van der Waals surface area contributed by atoms with Crippen LogP contribution in [0.25, 0.3) is 0 Å². The Bertz CT molecular complexity index is 422. The number of rotatable bonds is 3. The van der Waals surface area contributed by atoms with Gasteiger partial charge in [0.05, 0.1) is 20.3 Å². The van der Waals surface area contributed by atoms with Gasteiger partial charge in [0.15, 0.2) is 11.5 Å². The van der Waals surface area contributed by atoms with Crippen molar-refractivity contribution in [2.24, 2.45) is 0 Å². The van der Waals surface area contributed by atoms with Crippen molar-refractivity contribution < 1.29 is 14.2 Å². The number of methoxy groups -OCH3 is 2. The normalized spacial score (nSPS) is 27.9. The van der Waals surface area contributed by atoms with Gasteiger partial charge in [-0.15, -0.1) is 0 Å². The summed E-state index contributed by atoms with van der Waals surface area (Å²) in [5.41, 5.74) is 0.774. The van der Waals surface area contributed by atoms with Gasteiger partial charge in [-0.2, -0.15) is 0 Å². The molecule has 2 unspecified atom stereocenters. The first-order valence-electron chi connectivity index (χ1n) is 6.20. The summed E-state index contributed by atoms with van der Waals surface area (Å²) in [5.74, 6) is 1.47. The molecule has 1 N–H and O–H groups in total. The Morgan fingerprint density at radius 1 is 1.28 bits per heavy atom. The third-order valence-corrected chi connectivity index (χ3v) is 3.35. The van der Waals surface area contributed by atoms with Gasteiger partial charge in [-0.1, -0.05) is 6.07 Å². The third-order valence-electron chi connectivity index (χ3n) is 3.35. The van der Waals surface area contributed by atoms with E-state index >= 15 is 0 Å². The van der Waals surface area contributed by atoms with Gasteiger partial charge in [0.25, 0.3) is 0 Å². The van der Waals surface area contributed by atoms with Crippen molar-refractivity contribution in [1.82, 2.24) is 5.32 Å². The fraction of sp³-hybridized carbons (Fsp3) is 0.571. The zero-order valence-corrected chi connectivity index (χ0v) is 11.4. The summed E-state index contributed by atoms with van der Waals surface area (Å²) in [4.78, 5) is 0. The molecule has 4 nitrogen and oxygen atoms in total. The Kier molecular flexibility index (Phi) is 3.78. The Morgan fingerprint density at radius 3 is 2.61 bits per heavy atom. The first-order chi connectivity index (χ1) is 8.59. The van der Waals surface area contributed by atoms with Gasteiger partial charge in [0.1, 0.15) is 5.60 Å². The van der Waals surface area contributed by atoms with E-state index in [1.165, 1.54) is 0 Å². The van der Waals surface area contributed by atoms with Crippen LogP contribution < -0.4 is 14.8 Å². The summed E-state index contributed by atoms with van der Waals surface area (Å²) in [5, 5.41) is 3.39. The fourth-order valence-electron chi connectivity index (χ4n) is 2.38. The number of nitrogens with one attached hydrogen (secondary N) is 1. The zero-order chi connectivity index (χ0) is 13.2. The molecular formula is C14H21NO3. The number of benzene rings is 1. The summed E-state index contributed by atoms with van der Waals surface area (Å²) in [6.45, 7) is 5.86. The molecule has 0 aromatic heterocycles. The minimum absolute atomic E-state index is 0.205. The highest BCUT2D eigenvalue weighted by atomic mass is 16.5. The summed E-state index contributed by atoms with van der Waals surface area (Å²) in [6, 6.07) is 5.93. The van der Waals surface area contributed by atoms with Crippen LogP contribution in [0, 0.1) is 0 Å². The lowest BCUT2D eigenvalue weighted by molar-refractivity contribution is -0.102. The van der Waals surface area contributed by atoms with Gasteiger partial charge in [-0.25, -0.2) is 0 Å². The molecule has 0 radical (unpaired) electrons. The summed E-state index contributed by atoms with van der Waals surface area (Å²) in [7, 11) is 3.28. The van der Waals surface area contributed by atoms with E-state index in [0.717, 1.165) is 30.2 Å². The van der Waals surface area contributed by atoms with Gasteiger partial charge >= 0.3 is 0 Å². The summed E-state index contributed by atoms with van der Waals surface area (Å²) >= 11 is 0. The maximum Gasteiger partial charge on any atom is 0.161 e. The molecule has 1 fully saturated rings. The van der Waals surface area contributed by atoms with E-state index in [1.54, 1.807) is 14.2 Å². The molecule has 18 heavy (non-hydrogen) atoms. The third kappa shape index (κ3) is 2.44. The van der Waals surface area contributed by atoms with E-state index < -0.39 is 0 Å². The highest BCUT2D eigenvalue weighted by Crippen LogP contribution is 2.35. The van der Waals surface area contributed by atoms with Crippen molar-refractivity contribution in [2.75, 3.05) is 27.3 Å². The Hall–Kier alpha value is -1.26. The van der Waals surface area contributed by atoms with Crippen molar-refractivity contribution in [3.8, 4) is 11.5 Å². The van der Waals surface area contributed by atoms with Gasteiger partial charge in [-0.3, -0.25) is 0 Å². The van der Waals surface area contributed by atoms with Crippen LogP contribution in [0.3, 0.4) is 0 Å². The molecule has 2 rings (SSSR count). The Balaban J connectivity index is 2.32. The first kappa shape index (κ1) is 13.2. The maximum absolute atomic E-state index is 6.07. The average molecular weight is 251 g/mol. The maximum atomic E-state index is 6.07. The van der Waals surface area contributed by atoms with Crippen LogP contribution in [0.2, 0.25) is 0 Å². The molecule has 1 aliphatic rings. The topological polar surface area (TPSA) is 39.7 Å². The van der Waals surface area contributed by atoms with E-state index in [1.807, 2.05) is 18.2 Å². The van der Waals surface area contributed by atoms with Crippen LogP contribution in [0.5, 0.6) is 11.5 Å². The highest BCUT2D eigenvalue weighted by molar-refractivity contribution is 5.44. The van der Waals surface area contributed by atoms with E-state index in [9.17, 15) is 0 Å². The molecular weight excluding hydrogens is 230 g/mol. The van der Waals surface area contributed by atoms with Crippen molar-refractivity contribution in [3.05, 3.63) is 23.8 Å². The Labute approximate surface area is 108 Å². The van der Waals surface area contributed by atoms with Crippen LogP contribution in [-0.2, 0) is 10.3 Å². The summed E-state index contributed by atoms with van der Waals surface area (Å²) in [6.07, 6.45) is 0.205. The number of hydrogen-bond acceptors (Lipinski definition) is 4. The standard InChI is InChI=1S/C14H21NO3/c1-10-8-15-9-14(2,18-10)11-5-6-12(16-3)13(7-11)17-4/h5-7,10,15H,8-9H2,1-4H3. The lowest BCUT2D eigenvalue weighted by atomic mass is 9.93. The second kappa shape index (κ2) is 5.16. The molecule has 0 bridgehead atoms. The lowest BCUT2D eigenvalue weighted by Crippen LogP contribution is -2.49. The van der Waals surface area contributed by atoms with Crippen LogP contribution >= 0.6 is 0 Å². The molecule has 1 saturated heterocycles. The van der Waals surface area contributed by atoms with Gasteiger partial charge < -0.3 is 19.5 Å². The van der Waals surface area contributed by atoms with Gasteiger partial charge in [-0.05, 0) is 31.5 Å². The van der Waals surface area contributed by atoms with E-state index in [4.69, 9.17) is 14.2 Å². The second-order valence-corrected chi connectivity index (χ2v) is 4.86. The fourth-order valence-corrected chi connectivity index (χ4v) is 2.38. The SMILES string of the molecule is COc1ccc(C2(C)CNCC(C)O2)cc1OC. The van der Waals surface area contributed by atoms with Crippen LogP contribution in [-0.4, -0.2) is 33.4 Å². The van der Waals surface area contributed by atoms with E-state index in [0.29, 0.717) is 0 Å². The first-order valence-corrected chi connectivity index (χ1v) is 6.20. The lowest BCUT2D eigenvalue weighted by Gasteiger charge is -2.38. The van der Waals surface area contributed by atoms with E-state index in [2.05, 4.69) is 19.2 Å². The van der Waals surface area contributed by atoms with Crippen molar-refractivity contribution in [2.45, 2.75) is 25.6 Å². The summed E-state index contributed by atoms with van der Waals surface area (Å²) < 4.78 is 16.7. The minimum Gasteiger partial charge on any atom is -0.493 e. The van der Waals surface area contributed by atoms with Crippen molar-refractivity contribution in [1.29, 1.82) is 0 Å². The molecule has 0 saturated carbocycles. The quantitative estimate of drug-likeness (QED) is 0.891. The molecule has 1 aromatic carbocycles. The van der Waals surface area contributed by atoms with E-state index in [-0.39, 0.29) is 11.7 Å². The molecule has 0 aliphatic carbocycles. The largest absolute Gasteiger partial charge is 0.493 e. The second-order valence-electron chi connectivity index (χ2n) is 4.86. The smallest absolute Gasteiger partial charge is 0.161 e. The van der Waals surface area contributed by atoms with Crippen LogP contribution in [0.4, 0.5) is 0 Å². The number of morpholine rings is 1. The van der Waals surface area contributed by atoms with Crippen molar-refractivity contribution >= 4 is 0 Å². The molecule has 100 valence electrons. The zero-order valence-electron chi connectivity index (χ0n) is 11.4. The van der Waals surface area contributed by atoms with Gasteiger partial charge in [0.2, 0.25) is 0 Å². The highest BCUT2D eigenvalue weighted by Gasteiger charge is 2.33. The van der Waals surface area contributed by atoms with Gasteiger partial charge in [0, 0.05) is 13.1 Å².